The van der Waals surface area contributed by atoms with E-state index in [4.69, 9.17) is 0 Å². The second-order valence-corrected chi connectivity index (χ2v) is 9.74. The first kappa shape index (κ1) is 22.9. The molecule has 0 amide bonds. The number of hydrogen-bond acceptors (Lipinski definition) is 3. The summed E-state index contributed by atoms with van der Waals surface area (Å²) in [5.41, 5.74) is 9.75. The summed E-state index contributed by atoms with van der Waals surface area (Å²) in [6.45, 7) is 14.0. The van der Waals surface area contributed by atoms with E-state index in [2.05, 4.69) is 50.2 Å². The van der Waals surface area contributed by atoms with Gasteiger partial charge in [0.15, 0.2) is 15.8 Å². The van der Waals surface area contributed by atoms with Gasteiger partial charge in [-0.15, -0.1) is 0 Å². The van der Waals surface area contributed by atoms with Crippen molar-refractivity contribution in [1.82, 2.24) is 10.6 Å². The topological polar surface area (TPSA) is 70.6 Å². The molecule has 6 heteroatoms. The van der Waals surface area contributed by atoms with Crippen LogP contribution < -0.4 is 10.6 Å². The molecule has 5 nitrogen and oxygen atoms in total. The van der Waals surface area contributed by atoms with Crippen LogP contribution in [0.1, 0.15) is 44.5 Å². The molecule has 0 saturated carbocycles. The monoisotopic (exact) mass is 415 g/mol. The van der Waals surface area contributed by atoms with Gasteiger partial charge in [-0.05, 0) is 92.1 Å². The summed E-state index contributed by atoms with van der Waals surface area (Å²) in [7, 11) is -1.45. The van der Waals surface area contributed by atoms with Crippen LogP contribution in [-0.4, -0.2) is 27.7 Å². The van der Waals surface area contributed by atoms with Crippen molar-refractivity contribution >= 4 is 15.8 Å². The lowest BCUT2D eigenvalue weighted by molar-refractivity contribution is 0.601. The minimum atomic E-state index is -3.20. The molecule has 2 aromatic carbocycles. The van der Waals surface area contributed by atoms with Crippen molar-refractivity contribution < 1.29 is 8.42 Å². The maximum absolute atomic E-state index is 11.8. The molecule has 0 heterocycles. The number of nitrogens with zero attached hydrogens (tertiary/aromatic N) is 1. The number of rotatable bonds is 5. The van der Waals surface area contributed by atoms with Crippen LogP contribution in [0.2, 0.25) is 0 Å². The largest absolute Gasteiger partial charge is 0.352 e. The Morgan fingerprint density at radius 1 is 0.862 bits per heavy atom. The van der Waals surface area contributed by atoms with E-state index in [9.17, 15) is 8.42 Å². The van der Waals surface area contributed by atoms with E-state index in [1.54, 1.807) is 13.1 Å². The Labute approximate surface area is 175 Å². The molecule has 0 atom stereocenters. The van der Waals surface area contributed by atoms with Crippen molar-refractivity contribution in [3.63, 3.8) is 0 Å². The Morgan fingerprint density at radius 3 is 1.86 bits per heavy atom. The van der Waals surface area contributed by atoms with Crippen LogP contribution in [0, 0.1) is 41.5 Å². The SMILES string of the molecule is CN=C(NCc1ccc(S(C)(=O)=O)c(C)c1)NCc1c(C)c(C)c(C)c(C)c1C. The van der Waals surface area contributed by atoms with Crippen molar-refractivity contribution in [2.24, 2.45) is 4.99 Å². The molecule has 0 aliphatic carbocycles. The molecular weight excluding hydrogens is 382 g/mol. The van der Waals surface area contributed by atoms with E-state index in [0.29, 0.717) is 23.9 Å². The molecule has 0 aromatic heterocycles. The second kappa shape index (κ2) is 8.99. The lowest BCUT2D eigenvalue weighted by Crippen LogP contribution is -2.36. The van der Waals surface area contributed by atoms with Gasteiger partial charge < -0.3 is 10.6 Å². The van der Waals surface area contributed by atoms with E-state index in [0.717, 1.165) is 11.1 Å². The van der Waals surface area contributed by atoms with Crippen molar-refractivity contribution in [3.8, 4) is 0 Å². The first-order valence-electron chi connectivity index (χ1n) is 9.77. The van der Waals surface area contributed by atoms with Crippen molar-refractivity contribution in [2.45, 2.75) is 59.5 Å². The highest BCUT2D eigenvalue weighted by molar-refractivity contribution is 7.90. The zero-order valence-electron chi connectivity index (χ0n) is 18.8. The molecule has 0 fully saturated rings. The van der Waals surface area contributed by atoms with Gasteiger partial charge in [-0.2, -0.15) is 0 Å². The van der Waals surface area contributed by atoms with Gasteiger partial charge in [-0.1, -0.05) is 12.1 Å². The van der Waals surface area contributed by atoms with Gasteiger partial charge in [0.2, 0.25) is 0 Å². The summed E-state index contributed by atoms with van der Waals surface area (Å²) < 4.78 is 23.6. The molecule has 2 rings (SSSR count). The molecule has 29 heavy (non-hydrogen) atoms. The lowest BCUT2D eigenvalue weighted by atomic mass is 9.89. The van der Waals surface area contributed by atoms with Crippen LogP contribution in [0.4, 0.5) is 0 Å². The number of nitrogens with one attached hydrogen (secondary N) is 2. The number of guanidine groups is 1. The fourth-order valence-electron chi connectivity index (χ4n) is 3.66. The van der Waals surface area contributed by atoms with Crippen LogP contribution >= 0.6 is 0 Å². The Balaban J connectivity index is 2.09. The van der Waals surface area contributed by atoms with Crippen molar-refractivity contribution in [3.05, 3.63) is 62.7 Å². The van der Waals surface area contributed by atoms with Gasteiger partial charge in [-0.25, -0.2) is 8.42 Å². The summed E-state index contributed by atoms with van der Waals surface area (Å²) in [6, 6.07) is 5.41. The van der Waals surface area contributed by atoms with Gasteiger partial charge in [-0.3, -0.25) is 4.99 Å². The molecule has 0 aliphatic rings. The maximum Gasteiger partial charge on any atom is 0.191 e. The molecule has 158 valence electrons. The fourth-order valence-corrected chi connectivity index (χ4v) is 4.62. The van der Waals surface area contributed by atoms with Crippen molar-refractivity contribution in [1.29, 1.82) is 0 Å². The van der Waals surface area contributed by atoms with Crippen LogP contribution in [0.15, 0.2) is 28.1 Å². The molecule has 0 spiro atoms. The van der Waals surface area contributed by atoms with Crippen LogP contribution in [0.3, 0.4) is 0 Å². The average Bonchev–Trinajstić information content (AvgIpc) is 2.66. The van der Waals surface area contributed by atoms with Crippen LogP contribution in [0.25, 0.3) is 0 Å². The number of aryl methyl sites for hydroxylation is 1. The smallest absolute Gasteiger partial charge is 0.191 e. The minimum Gasteiger partial charge on any atom is -0.352 e. The summed E-state index contributed by atoms with van der Waals surface area (Å²) in [5.74, 6) is 0.713. The lowest BCUT2D eigenvalue weighted by Gasteiger charge is -2.20. The summed E-state index contributed by atoms with van der Waals surface area (Å²) in [5, 5.41) is 6.72. The average molecular weight is 416 g/mol. The standard InChI is InChI=1S/C23H33N3O2S/c1-14-11-20(9-10-22(14)29(8,27)28)12-25-23(24-7)26-13-21-18(5)16(3)15(2)17(4)19(21)6/h9-11H,12-13H2,1-8H3,(H2,24,25,26). The predicted molar refractivity (Wildman–Crippen MR) is 121 cm³/mol. The molecule has 0 bridgehead atoms. The zero-order chi connectivity index (χ0) is 21.9. The van der Waals surface area contributed by atoms with E-state index < -0.39 is 9.84 Å². The number of sulfone groups is 1. The fraction of sp³-hybridized carbons (Fsp3) is 0.435. The van der Waals surface area contributed by atoms with Gasteiger partial charge in [0.25, 0.3) is 0 Å². The first-order chi connectivity index (χ1) is 13.5. The number of aliphatic imine (C=N–C) groups is 1. The Hall–Kier alpha value is -2.34. The molecule has 0 unspecified atom stereocenters. The molecule has 2 N–H and O–H groups in total. The molecule has 0 aliphatic heterocycles. The zero-order valence-corrected chi connectivity index (χ0v) is 19.6. The highest BCUT2D eigenvalue weighted by Gasteiger charge is 2.13. The Morgan fingerprint density at radius 2 is 1.38 bits per heavy atom. The van der Waals surface area contributed by atoms with Gasteiger partial charge in [0.1, 0.15) is 0 Å². The third-order valence-electron chi connectivity index (χ3n) is 5.91. The van der Waals surface area contributed by atoms with E-state index in [1.807, 2.05) is 19.1 Å². The van der Waals surface area contributed by atoms with Crippen LogP contribution in [-0.2, 0) is 22.9 Å². The number of hydrogen-bond donors (Lipinski definition) is 2. The van der Waals surface area contributed by atoms with Crippen molar-refractivity contribution in [2.75, 3.05) is 13.3 Å². The van der Waals surface area contributed by atoms with Crippen LogP contribution in [0.5, 0.6) is 0 Å². The summed E-state index contributed by atoms with van der Waals surface area (Å²) >= 11 is 0. The van der Waals surface area contributed by atoms with E-state index >= 15 is 0 Å². The van der Waals surface area contributed by atoms with Gasteiger partial charge >= 0.3 is 0 Å². The third-order valence-corrected chi connectivity index (χ3v) is 7.17. The molecule has 0 radical (unpaired) electrons. The number of benzene rings is 2. The Bertz CT molecular complexity index is 1030. The van der Waals surface area contributed by atoms with Gasteiger partial charge in [0.05, 0.1) is 4.90 Å². The molecule has 0 saturated heterocycles. The predicted octanol–water partition coefficient (Wildman–Crippen LogP) is 3.81. The van der Waals surface area contributed by atoms with E-state index in [1.165, 1.54) is 39.6 Å². The quantitative estimate of drug-likeness (QED) is 0.575. The molecular formula is C23H33N3O2S. The maximum atomic E-state index is 11.8. The summed E-state index contributed by atoms with van der Waals surface area (Å²) in [6.07, 6.45) is 1.23. The summed E-state index contributed by atoms with van der Waals surface area (Å²) in [4.78, 5) is 4.69. The highest BCUT2D eigenvalue weighted by Crippen LogP contribution is 2.25. The second-order valence-electron chi connectivity index (χ2n) is 7.75. The third kappa shape index (κ3) is 5.18. The van der Waals surface area contributed by atoms with Gasteiger partial charge in [0, 0.05) is 26.4 Å². The minimum absolute atomic E-state index is 0.375. The normalized spacial score (nSPS) is 12.2. The van der Waals surface area contributed by atoms with E-state index in [-0.39, 0.29) is 0 Å². The Kier molecular flexibility index (Phi) is 7.11. The highest BCUT2D eigenvalue weighted by atomic mass is 32.2. The first-order valence-corrected chi connectivity index (χ1v) is 11.7. The molecule has 2 aromatic rings.